The molecule has 11 rings (SSSR count). The molecule has 0 N–H and O–H groups in total. The van der Waals surface area contributed by atoms with Crippen LogP contribution in [0, 0.1) is 0 Å². The molecule has 1 aliphatic rings. The zero-order valence-corrected chi connectivity index (χ0v) is 26.2. The third kappa shape index (κ3) is 3.60. The van der Waals surface area contributed by atoms with Crippen molar-refractivity contribution >= 4 is 64.6 Å². The lowest BCUT2D eigenvalue weighted by molar-refractivity contribution is 1.65. The van der Waals surface area contributed by atoms with E-state index in [9.17, 15) is 0 Å². The molecule has 0 nitrogen and oxygen atoms in total. The van der Waals surface area contributed by atoms with Crippen LogP contribution in [0.1, 0.15) is 0 Å². The number of rotatable bonds is 2. The first kappa shape index (κ1) is 25.9. The van der Waals surface area contributed by atoms with Crippen LogP contribution >= 0.6 is 0 Å². The van der Waals surface area contributed by atoms with Crippen molar-refractivity contribution in [1.29, 1.82) is 0 Å². The predicted octanol–water partition coefficient (Wildman–Crippen LogP) is 13.6. The SMILES string of the molecule is c1ccc2cc3cc(-c4c5c(c(-c6ccc7cc8ccccc8cc7c6)c6ccccc46)-c4cccc6cccc-5c46)ccc3cc2c1. The molecule has 0 bridgehead atoms. The molecule has 1 aliphatic carbocycles. The molecule has 0 saturated carbocycles. The lowest BCUT2D eigenvalue weighted by Crippen LogP contribution is -1.94. The van der Waals surface area contributed by atoms with Crippen molar-refractivity contribution in [1.82, 2.24) is 0 Å². The largest absolute Gasteiger partial charge is 0.0616 e. The molecule has 0 fully saturated rings. The van der Waals surface area contributed by atoms with Crippen LogP contribution in [0.5, 0.6) is 0 Å². The Kier molecular flexibility index (Phi) is 5.20. The van der Waals surface area contributed by atoms with Gasteiger partial charge in [0, 0.05) is 0 Å². The molecule has 10 aromatic carbocycles. The molecule has 0 atom stereocenters. The van der Waals surface area contributed by atoms with Gasteiger partial charge in [-0.3, -0.25) is 0 Å². The van der Waals surface area contributed by atoms with E-state index in [0.717, 1.165) is 0 Å². The second-order valence-electron chi connectivity index (χ2n) is 13.3. The van der Waals surface area contributed by atoms with Gasteiger partial charge in [-0.25, -0.2) is 0 Å². The Morgan fingerprint density at radius 2 is 0.604 bits per heavy atom. The molecule has 48 heavy (non-hydrogen) atoms. The first-order valence-corrected chi connectivity index (χ1v) is 16.8. The quantitative estimate of drug-likeness (QED) is 0.172. The van der Waals surface area contributed by atoms with Crippen LogP contribution in [0.3, 0.4) is 0 Å². The number of hydrogen-bond acceptors (Lipinski definition) is 0. The minimum absolute atomic E-state index is 1.26. The average molecular weight is 605 g/mol. The van der Waals surface area contributed by atoms with Crippen molar-refractivity contribution in [2.45, 2.75) is 0 Å². The maximum Gasteiger partial charge on any atom is -0.000741 e. The Morgan fingerprint density at radius 1 is 0.229 bits per heavy atom. The van der Waals surface area contributed by atoms with Gasteiger partial charge in [-0.2, -0.15) is 0 Å². The van der Waals surface area contributed by atoms with Crippen molar-refractivity contribution in [3.8, 4) is 44.5 Å². The van der Waals surface area contributed by atoms with Crippen LogP contribution < -0.4 is 0 Å². The second kappa shape index (κ2) is 9.64. The molecule has 0 aliphatic heterocycles. The van der Waals surface area contributed by atoms with Crippen LogP contribution in [-0.4, -0.2) is 0 Å². The van der Waals surface area contributed by atoms with Crippen molar-refractivity contribution in [2.24, 2.45) is 0 Å². The van der Waals surface area contributed by atoms with Gasteiger partial charge < -0.3 is 0 Å². The summed E-state index contributed by atoms with van der Waals surface area (Å²) in [4.78, 5) is 0. The number of fused-ring (bicyclic) bond motifs is 8. The molecule has 10 aromatic rings. The average Bonchev–Trinajstić information content (AvgIpc) is 3.46. The topological polar surface area (TPSA) is 0 Å². The Morgan fingerprint density at radius 3 is 1.06 bits per heavy atom. The van der Waals surface area contributed by atoms with Gasteiger partial charge in [0.2, 0.25) is 0 Å². The molecule has 0 amide bonds. The van der Waals surface area contributed by atoms with Gasteiger partial charge >= 0.3 is 0 Å². The normalized spacial score (nSPS) is 12.2. The maximum atomic E-state index is 2.41. The van der Waals surface area contributed by atoms with Crippen LogP contribution in [0.2, 0.25) is 0 Å². The second-order valence-corrected chi connectivity index (χ2v) is 13.3. The van der Waals surface area contributed by atoms with E-state index in [1.807, 2.05) is 0 Å². The first-order valence-electron chi connectivity index (χ1n) is 16.8. The number of hydrogen-bond donors (Lipinski definition) is 0. The van der Waals surface area contributed by atoms with Crippen LogP contribution in [-0.2, 0) is 0 Å². The molecule has 0 aromatic heterocycles. The molecule has 0 saturated heterocycles. The molecule has 0 spiro atoms. The molecular weight excluding hydrogens is 577 g/mol. The Labute approximate surface area is 278 Å². The van der Waals surface area contributed by atoms with E-state index in [-0.39, 0.29) is 0 Å². The highest BCUT2D eigenvalue weighted by atomic mass is 14.3. The summed E-state index contributed by atoms with van der Waals surface area (Å²) in [5, 5.41) is 15.4. The maximum absolute atomic E-state index is 2.41. The summed E-state index contributed by atoms with van der Waals surface area (Å²) in [5.41, 5.74) is 10.5. The summed E-state index contributed by atoms with van der Waals surface area (Å²) in [7, 11) is 0. The lowest BCUT2D eigenvalue weighted by atomic mass is 9.82. The van der Waals surface area contributed by atoms with Gasteiger partial charge in [0.1, 0.15) is 0 Å². The Hall–Kier alpha value is -6.24. The molecule has 0 radical (unpaired) electrons. The van der Waals surface area contributed by atoms with Crippen molar-refractivity contribution in [3.05, 3.63) is 170 Å². The van der Waals surface area contributed by atoms with Crippen molar-refractivity contribution < 1.29 is 0 Å². The van der Waals surface area contributed by atoms with Gasteiger partial charge in [0.25, 0.3) is 0 Å². The zero-order chi connectivity index (χ0) is 31.3. The van der Waals surface area contributed by atoms with E-state index in [2.05, 4.69) is 170 Å². The highest BCUT2D eigenvalue weighted by molar-refractivity contribution is 6.28. The van der Waals surface area contributed by atoms with Gasteiger partial charge in [0.15, 0.2) is 0 Å². The molecule has 0 heterocycles. The first-order chi connectivity index (χ1) is 23.8. The summed E-state index contributed by atoms with van der Waals surface area (Å²) in [6.45, 7) is 0. The van der Waals surface area contributed by atoms with Gasteiger partial charge in [-0.1, -0.05) is 133 Å². The van der Waals surface area contributed by atoms with Gasteiger partial charge in [0.05, 0.1) is 0 Å². The standard InChI is InChI=1S/C48H28/c1-3-11-32-25-38-27-36(21-19-34(38)23-30(32)9-1)45-40-15-5-6-16-41(40)46(48-43-18-8-14-29-13-7-17-42(44(29)43)47(45)48)37-22-20-35-24-31-10-2-4-12-33(31)26-39(35)28-37/h1-28H. The highest BCUT2D eigenvalue weighted by Gasteiger charge is 2.30. The fraction of sp³-hybridized carbons (Fsp3) is 0. The van der Waals surface area contributed by atoms with Crippen molar-refractivity contribution in [3.63, 3.8) is 0 Å². The molecule has 0 unspecified atom stereocenters. The summed E-state index contributed by atoms with van der Waals surface area (Å²) < 4.78 is 0. The highest BCUT2D eigenvalue weighted by Crippen LogP contribution is 2.57. The third-order valence-electron chi connectivity index (χ3n) is 10.6. The predicted molar refractivity (Wildman–Crippen MR) is 207 cm³/mol. The molecular formula is C48H28. The van der Waals surface area contributed by atoms with Gasteiger partial charge in [-0.05, 0) is 146 Å². The smallest absolute Gasteiger partial charge is 0.000741 e. The van der Waals surface area contributed by atoms with Gasteiger partial charge in [-0.15, -0.1) is 0 Å². The van der Waals surface area contributed by atoms with E-state index >= 15 is 0 Å². The van der Waals surface area contributed by atoms with E-state index < -0.39 is 0 Å². The fourth-order valence-corrected chi connectivity index (χ4v) is 8.53. The van der Waals surface area contributed by atoms with Crippen LogP contribution in [0.25, 0.3) is 109 Å². The summed E-state index contributed by atoms with van der Waals surface area (Å²) >= 11 is 0. The fourth-order valence-electron chi connectivity index (χ4n) is 8.53. The van der Waals surface area contributed by atoms with E-state index in [4.69, 9.17) is 0 Å². The number of benzene rings is 10. The van der Waals surface area contributed by atoms with Crippen LogP contribution in [0.4, 0.5) is 0 Å². The lowest BCUT2D eigenvalue weighted by Gasteiger charge is -2.21. The van der Waals surface area contributed by atoms with E-state index in [1.165, 1.54) is 109 Å². The minimum atomic E-state index is 1.26. The zero-order valence-electron chi connectivity index (χ0n) is 26.2. The monoisotopic (exact) mass is 604 g/mol. The van der Waals surface area contributed by atoms with Crippen LogP contribution in [0.15, 0.2) is 170 Å². The summed E-state index contributed by atoms with van der Waals surface area (Å²) in [6, 6.07) is 63.5. The van der Waals surface area contributed by atoms with E-state index in [0.29, 0.717) is 0 Å². The Bertz CT molecular complexity index is 2800. The Balaban J connectivity index is 1.27. The molecule has 220 valence electrons. The molecule has 0 heteroatoms. The third-order valence-corrected chi connectivity index (χ3v) is 10.6. The van der Waals surface area contributed by atoms with Crippen molar-refractivity contribution in [2.75, 3.05) is 0 Å². The summed E-state index contributed by atoms with van der Waals surface area (Å²) in [6.07, 6.45) is 0. The van der Waals surface area contributed by atoms with E-state index in [1.54, 1.807) is 0 Å². The summed E-state index contributed by atoms with van der Waals surface area (Å²) in [5.74, 6) is 0. The minimum Gasteiger partial charge on any atom is -0.0616 e.